The second kappa shape index (κ2) is 10.3. The van der Waals surface area contributed by atoms with E-state index in [4.69, 9.17) is 0 Å². The molecular weight excluding hydrogens is 485 g/mol. The predicted molar refractivity (Wildman–Crippen MR) is 124 cm³/mol. The number of piperazine rings is 1. The number of halogens is 7. The van der Waals surface area contributed by atoms with Crippen LogP contribution in [0.3, 0.4) is 0 Å². The minimum atomic E-state index is -4.91. The summed E-state index contributed by atoms with van der Waals surface area (Å²) in [5, 5.41) is 0. The first-order chi connectivity index (χ1) is 16.9. The second-order valence-electron chi connectivity index (χ2n) is 10.2. The van der Waals surface area contributed by atoms with Crippen LogP contribution in [-0.2, 0) is 24.3 Å². The number of alkyl halides is 6. The van der Waals surface area contributed by atoms with Gasteiger partial charge < -0.3 is 0 Å². The van der Waals surface area contributed by atoms with Crippen molar-refractivity contribution in [2.75, 3.05) is 26.2 Å². The van der Waals surface area contributed by atoms with E-state index in [-0.39, 0.29) is 18.1 Å². The molecule has 4 rings (SSSR count). The van der Waals surface area contributed by atoms with Crippen LogP contribution in [0.15, 0.2) is 42.5 Å². The Hall–Kier alpha value is -2.13. The van der Waals surface area contributed by atoms with Crippen LogP contribution >= 0.6 is 0 Å². The highest BCUT2D eigenvalue weighted by atomic mass is 19.4. The van der Waals surface area contributed by atoms with Gasteiger partial charge >= 0.3 is 12.4 Å². The normalized spacial score (nSPS) is 20.9. The molecule has 2 nitrogen and oxygen atoms in total. The Morgan fingerprint density at radius 3 is 1.75 bits per heavy atom. The third-order valence-corrected chi connectivity index (χ3v) is 7.77. The summed E-state index contributed by atoms with van der Waals surface area (Å²) in [4.78, 5) is 4.57. The van der Waals surface area contributed by atoms with Crippen LogP contribution in [0.4, 0.5) is 30.7 Å². The van der Waals surface area contributed by atoms with Crippen LogP contribution in [0.5, 0.6) is 0 Å². The highest BCUT2D eigenvalue weighted by molar-refractivity contribution is 5.36. The van der Waals surface area contributed by atoms with Gasteiger partial charge in [0.15, 0.2) is 0 Å². The van der Waals surface area contributed by atoms with Crippen LogP contribution in [0, 0.1) is 5.82 Å². The van der Waals surface area contributed by atoms with E-state index >= 15 is 0 Å². The fraction of sp³-hybridized carbons (Fsp3) is 0.556. The van der Waals surface area contributed by atoms with E-state index in [1.54, 1.807) is 12.1 Å². The molecule has 0 radical (unpaired) electrons. The number of nitrogens with zero attached hydrogens (tertiary/aromatic N) is 2. The third-order valence-electron chi connectivity index (χ3n) is 7.77. The van der Waals surface area contributed by atoms with Crippen molar-refractivity contribution in [3.63, 3.8) is 0 Å². The molecule has 1 unspecified atom stereocenters. The Bertz CT molecular complexity index is 986. The van der Waals surface area contributed by atoms with E-state index in [0.717, 1.165) is 38.1 Å². The molecular formula is C27H31F7N2. The quantitative estimate of drug-likeness (QED) is 0.386. The van der Waals surface area contributed by atoms with Gasteiger partial charge in [0.1, 0.15) is 5.82 Å². The lowest BCUT2D eigenvalue weighted by Gasteiger charge is -2.48. The van der Waals surface area contributed by atoms with Crippen LogP contribution in [-0.4, -0.2) is 42.0 Å². The zero-order chi connectivity index (χ0) is 26.1. The highest BCUT2D eigenvalue weighted by Crippen LogP contribution is 2.40. The molecule has 1 aliphatic heterocycles. The first-order valence-corrected chi connectivity index (χ1v) is 12.4. The summed E-state index contributed by atoms with van der Waals surface area (Å²) >= 11 is 0. The van der Waals surface area contributed by atoms with Gasteiger partial charge in [0.05, 0.1) is 11.1 Å². The van der Waals surface area contributed by atoms with E-state index in [9.17, 15) is 30.7 Å². The van der Waals surface area contributed by atoms with E-state index in [1.165, 1.54) is 31.4 Å². The molecule has 1 saturated heterocycles. The van der Waals surface area contributed by atoms with Gasteiger partial charge in [-0.05, 0) is 67.6 Å². The van der Waals surface area contributed by atoms with Crippen molar-refractivity contribution in [1.82, 2.24) is 9.80 Å². The van der Waals surface area contributed by atoms with Gasteiger partial charge in [-0.25, -0.2) is 4.39 Å². The van der Waals surface area contributed by atoms with Gasteiger partial charge in [-0.15, -0.1) is 0 Å². The molecule has 0 bridgehead atoms. The fourth-order valence-corrected chi connectivity index (χ4v) is 5.75. The van der Waals surface area contributed by atoms with Crippen molar-refractivity contribution in [3.05, 3.63) is 70.5 Å². The first-order valence-electron chi connectivity index (χ1n) is 12.4. The maximum atomic E-state index is 13.7. The highest BCUT2D eigenvalue weighted by Gasteiger charge is 2.40. The molecule has 0 amide bonds. The molecule has 2 aliphatic rings. The zero-order valence-corrected chi connectivity index (χ0v) is 20.2. The lowest BCUT2D eigenvalue weighted by molar-refractivity contribution is -0.143. The van der Waals surface area contributed by atoms with Gasteiger partial charge in [0.2, 0.25) is 0 Å². The number of benzene rings is 2. The van der Waals surface area contributed by atoms with Crippen molar-refractivity contribution >= 4 is 0 Å². The predicted octanol–water partition coefficient (Wildman–Crippen LogP) is 7.27. The SMILES string of the molecule is CC(Cc1cc(C(F)(F)F)cc(C(F)(F)F)c1)(c1ccc(F)cc1)N1CCN(C2CCCCC2)CC1. The van der Waals surface area contributed by atoms with Crippen molar-refractivity contribution in [3.8, 4) is 0 Å². The maximum Gasteiger partial charge on any atom is 0.416 e. The molecule has 0 spiro atoms. The number of hydrogen-bond donors (Lipinski definition) is 0. The Balaban J connectivity index is 1.66. The molecule has 9 heteroatoms. The maximum absolute atomic E-state index is 13.7. The van der Waals surface area contributed by atoms with Gasteiger partial charge in [0.25, 0.3) is 0 Å². The van der Waals surface area contributed by atoms with Crippen LogP contribution in [0.1, 0.15) is 61.3 Å². The van der Waals surface area contributed by atoms with Crippen LogP contribution in [0.25, 0.3) is 0 Å². The van der Waals surface area contributed by atoms with E-state index < -0.39 is 34.8 Å². The summed E-state index contributed by atoms with van der Waals surface area (Å²) in [6.07, 6.45) is -3.93. The number of rotatable bonds is 5. The average Bonchev–Trinajstić information content (AvgIpc) is 2.84. The van der Waals surface area contributed by atoms with E-state index in [0.29, 0.717) is 24.7 Å². The Morgan fingerprint density at radius 1 is 0.722 bits per heavy atom. The molecule has 0 N–H and O–H groups in total. The molecule has 1 heterocycles. The minimum absolute atomic E-state index is 0.0568. The molecule has 1 saturated carbocycles. The molecule has 36 heavy (non-hydrogen) atoms. The molecule has 0 aromatic heterocycles. The van der Waals surface area contributed by atoms with Crippen LogP contribution < -0.4 is 0 Å². The summed E-state index contributed by atoms with van der Waals surface area (Å²) in [5.74, 6) is -0.457. The number of hydrogen-bond acceptors (Lipinski definition) is 2. The van der Waals surface area contributed by atoms with Crippen molar-refractivity contribution < 1.29 is 30.7 Å². The van der Waals surface area contributed by atoms with Crippen LogP contribution in [0.2, 0.25) is 0 Å². The summed E-state index contributed by atoms with van der Waals surface area (Å²) in [7, 11) is 0. The van der Waals surface area contributed by atoms with Gasteiger partial charge in [-0.2, -0.15) is 26.3 Å². The molecule has 2 aromatic rings. The fourth-order valence-electron chi connectivity index (χ4n) is 5.75. The van der Waals surface area contributed by atoms with E-state index in [1.807, 2.05) is 6.92 Å². The Kier molecular flexibility index (Phi) is 7.72. The van der Waals surface area contributed by atoms with Gasteiger partial charge in [0, 0.05) is 37.8 Å². The smallest absolute Gasteiger partial charge is 0.298 e. The average molecular weight is 517 g/mol. The monoisotopic (exact) mass is 516 g/mol. The molecule has 1 aliphatic carbocycles. The topological polar surface area (TPSA) is 6.48 Å². The first kappa shape index (κ1) is 26.9. The molecule has 2 fully saturated rings. The summed E-state index contributed by atoms with van der Waals surface area (Å²) in [5.41, 5.74) is -2.97. The third kappa shape index (κ3) is 6.05. The standard InChI is InChI=1S/C27H31F7N2/c1-25(20-7-9-23(28)10-8-20,36-13-11-35(12-14-36)24-5-3-2-4-6-24)18-19-15-21(26(29,30)31)17-22(16-19)27(32,33)34/h7-10,15-17,24H,2-6,11-14,18H2,1H3. The van der Waals surface area contributed by atoms with E-state index in [2.05, 4.69) is 9.80 Å². The molecule has 198 valence electrons. The largest absolute Gasteiger partial charge is 0.416 e. The molecule has 2 aromatic carbocycles. The lowest BCUT2D eigenvalue weighted by Crippen LogP contribution is -2.57. The Morgan fingerprint density at radius 2 is 1.25 bits per heavy atom. The summed E-state index contributed by atoms with van der Waals surface area (Å²) in [6.45, 7) is 4.62. The molecule has 1 atom stereocenters. The van der Waals surface area contributed by atoms with Gasteiger partial charge in [-0.3, -0.25) is 9.80 Å². The summed E-state index contributed by atoms with van der Waals surface area (Å²) in [6, 6.07) is 7.98. The van der Waals surface area contributed by atoms with Crippen molar-refractivity contribution in [1.29, 1.82) is 0 Å². The zero-order valence-electron chi connectivity index (χ0n) is 20.2. The summed E-state index contributed by atoms with van der Waals surface area (Å²) < 4.78 is 94.6. The van der Waals surface area contributed by atoms with Crippen molar-refractivity contribution in [2.24, 2.45) is 0 Å². The van der Waals surface area contributed by atoms with Crippen molar-refractivity contribution in [2.45, 2.75) is 69.4 Å². The second-order valence-corrected chi connectivity index (χ2v) is 10.2. The Labute approximate surface area is 207 Å². The van der Waals surface area contributed by atoms with Gasteiger partial charge in [-0.1, -0.05) is 31.4 Å². The lowest BCUT2D eigenvalue weighted by atomic mass is 9.82. The minimum Gasteiger partial charge on any atom is -0.298 e.